The fourth-order valence-electron chi connectivity index (χ4n) is 2.49. The normalized spacial score (nSPS) is 15.6. The largest absolute Gasteiger partial charge is 0.480 e. The standard InChI is InChI=1S/C15H19ClN2O5S/c1-10(2)18(9-14(19)20)24(22,23)13-7-17(8-13)15(21)11-4-3-5-12(16)6-11/h3-6,10,13H,7-9H2,1-2H3,(H,19,20). The second-order valence-corrected chi connectivity index (χ2v) is 8.52. The zero-order valence-electron chi connectivity index (χ0n) is 13.3. The second-order valence-electron chi connectivity index (χ2n) is 5.92. The van der Waals surface area contributed by atoms with Crippen molar-refractivity contribution in [2.45, 2.75) is 25.1 Å². The van der Waals surface area contributed by atoms with Crippen molar-refractivity contribution >= 4 is 33.5 Å². The van der Waals surface area contributed by atoms with Gasteiger partial charge in [-0.3, -0.25) is 9.59 Å². The number of nitrogens with zero attached hydrogens (tertiary/aromatic N) is 2. The number of amides is 1. The Bertz CT molecular complexity index is 744. The van der Waals surface area contributed by atoms with Gasteiger partial charge in [0.1, 0.15) is 11.8 Å². The minimum absolute atomic E-state index is 0.0382. The number of likely N-dealkylation sites (tertiary alicyclic amines) is 1. The minimum Gasteiger partial charge on any atom is -0.480 e. The van der Waals surface area contributed by atoms with Gasteiger partial charge in [0.25, 0.3) is 5.91 Å². The predicted octanol–water partition coefficient (Wildman–Crippen LogP) is 1.29. The summed E-state index contributed by atoms with van der Waals surface area (Å²) in [5.41, 5.74) is 0.393. The number of aliphatic carboxylic acids is 1. The predicted molar refractivity (Wildman–Crippen MR) is 89.5 cm³/mol. The van der Waals surface area contributed by atoms with Crippen LogP contribution in [0.3, 0.4) is 0 Å². The van der Waals surface area contributed by atoms with Crippen molar-refractivity contribution < 1.29 is 23.1 Å². The molecular formula is C15H19ClN2O5S. The molecule has 1 aliphatic rings. The number of halogens is 1. The van der Waals surface area contributed by atoms with E-state index in [1.807, 2.05) is 0 Å². The number of hydrogen-bond donors (Lipinski definition) is 1. The van der Waals surface area contributed by atoms with Crippen LogP contribution in [0.15, 0.2) is 24.3 Å². The van der Waals surface area contributed by atoms with Gasteiger partial charge < -0.3 is 10.0 Å². The molecule has 24 heavy (non-hydrogen) atoms. The van der Waals surface area contributed by atoms with Crippen LogP contribution < -0.4 is 0 Å². The fourth-order valence-corrected chi connectivity index (χ4v) is 4.68. The molecule has 1 heterocycles. The number of carbonyl (C=O) groups is 2. The van der Waals surface area contributed by atoms with Crippen LogP contribution in [-0.4, -0.2) is 65.5 Å². The van der Waals surface area contributed by atoms with E-state index in [-0.39, 0.29) is 19.0 Å². The molecule has 1 aromatic carbocycles. The van der Waals surface area contributed by atoms with Gasteiger partial charge in [-0.05, 0) is 32.0 Å². The first-order valence-corrected chi connectivity index (χ1v) is 9.28. The van der Waals surface area contributed by atoms with Crippen LogP contribution in [-0.2, 0) is 14.8 Å². The SMILES string of the molecule is CC(C)N(CC(=O)O)S(=O)(=O)C1CN(C(=O)c2cccc(Cl)c2)C1. The zero-order chi connectivity index (χ0) is 18.1. The molecule has 0 aromatic heterocycles. The Morgan fingerprint density at radius 1 is 1.38 bits per heavy atom. The van der Waals surface area contributed by atoms with Crippen molar-refractivity contribution in [3.63, 3.8) is 0 Å². The Morgan fingerprint density at radius 3 is 2.50 bits per heavy atom. The molecule has 0 aliphatic carbocycles. The number of carbonyl (C=O) groups excluding carboxylic acids is 1. The zero-order valence-corrected chi connectivity index (χ0v) is 14.9. The molecular weight excluding hydrogens is 356 g/mol. The topological polar surface area (TPSA) is 95.0 Å². The third-order valence-corrected chi connectivity index (χ3v) is 6.40. The van der Waals surface area contributed by atoms with E-state index < -0.39 is 33.8 Å². The maximum absolute atomic E-state index is 12.6. The van der Waals surface area contributed by atoms with Crippen LogP contribution in [0.1, 0.15) is 24.2 Å². The summed E-state index contributed by atoms with van der Waals surface area (Å²) in [5.74, 6) is -1.50. The summed E-state index contributed by atoms with van der Waals surface area (Å²) in [5, 5.41) is 8.54. The number of rotatable bonds is 6. The van der Waals surface area contributed by atoms with Gasteiger partial charge in [0.2, 0.25) is 10.0 Å². The lowest BCUT2D eigenvalue weighted by atomic mass is 10.1. The molecule has 0 saturated carbocycles. The van der Waals surface area contributed by atoms with E-state index >= 15 is 0 Å². The highest BCUT2D eigenvalue weighted by atomic mass is 35.5. The Balaban J connectivity index is 2.07. The van der Waals surface area contributed by atoms with E-state index in [1.54, 1.807) is 32.0 Å². The number of sulfonamides is 1. The second kappa shape index (κ2) is 7.08. The van der Waals surface area contributed by atoms with Gasteiger partial charge in [-0.25, -0.2) is 8.42 Å². The highest BCUT2D eigenvalue weighted by Crippen LogP contribution is 2.24. The van der Waals surface area contributed by atoms with Gasteiger partial charge in [-0.1, -0.05) is 17.7 Å². The first kappa shape index (κ1) is 18.7. The molecule has 0 bridgehead atoms. The van der Waals surface area contributed by atoms with Crippen molar-refractivity contribution in [3.8, 4) is 0 Å². The third kappa shape index (κ3) is 3.88. The van der Waals surface area contributed by atoms with Gasteiger partial charge in [0.05, 0.1) is 0 Å². The lowest BCUT2D eigenvalue weighted by Gasteiger charge is -2.41. The summed E-state index contributed by atoms with van der Waals surface area (Å²) in [7, 11) is -3.78. The molecule has 7 nitrogen and oxygen atoms in total. The monoisotopic (exact) mass is 374 g/mol. The van der Waals surface area contributed by atoms with Crippen LogP contribution in [0.25, 0.3) is 0 Å². The van der Waals surface area contributed by atoms with Gasteiger partial charge in [-0.2, -0.15) is 4.31 Å². The summed E-state index contributed by atoms with van der Waals surface area (Å²) >= 11 is 5.85. The number of hydrogen-bond acceptors (Lipinski definition) is 4. The maximum atomic E-state index is 12.6. The highest BCUT2D eigenvalue weighted by molar-refractivity contribution is 7.89. The van der Waals surface area contributed by atoms with Gasteiger partial charge in [0.15, 0.2) is 0 Å². The molecule has 0 atom stereocenters. The van der Waals surface area contributed by atoms with E-state index in [4.69, 9.17) is 16.7 Å². The van der Waals surface area contributed by atoms with Crippen molar-refractivity contribution in [3.05, 3.63) is 34.9 Å². The Hall–Kier alpha value is -1.64. The van der Waals surface area contributed by atoms with Crippen molar-refractivity contribution in [1.82, 2.24) is 9.21 Å². The molecule has 0 spiro atoms. The molecule has 9 heteroatoms. The Morgan fingerprint density at radius 2 is 2.00 bits per heavy atom. The number of carboxylic acids is 1. The molecule has 1 aromatic rings. The first-order chi connectivity index (χ1) is 11.1. The van der Waals surface area contributed by atoms with E-state index in [9.17, 15) is 18.0 Å². The maximum Gasteiger partial charge on any atom is 0.318 e. The summed E-state index contributed by atoms with van der Waals surface area (Å²) in [6.45, 7) is 2.73. The lowest BCUT2D eigenvalue weighted by molar-refractivity contribution is -0.137. The van der Waals surface area contributed by atoms with E-state index in [0.717, 1.165) is 4.31 Å². The van der Waals surface area contributed by atoms with Crippen LogP contribution >= 0.6 is 11.6 Å². The molecule has 1 saturated heterocycles. The van der Waals surface area contributed by atoms with Gasteiger partial charge >= 0.3 is 5.97 Å². The molecule has 0 radical (unpaired) electrons. The summed E-state index contributed by atoms with van der Waals surface area (Å²) in [4.78, 5) is 24.6. The molecule has 1 fully saturated rings. The smallest absolute Gasteiger partial charge is 0.318 e. The molecule has 132 valence electrons. The van der Waals surface area contributed by atoms with Crippen molar-refractivity contribution in [2.24, 2.45) is 0 Å². The van der Waals surface area contributed by atoms with Crippen molar-refractivity contribution in [2.75, 3.05) is 19.6 Å². The Labute approximate surface area is 145 Å². The molecule has 1 N–H and O–H groups in total. The molecule has 2 rings (SSSR count). The summed E-state index contributed by atoms with van der Waals surface area (Å²) < 4.78 is 26.1. The number of carboxylic acid groups (broad SMARTS) is 1. The van der Waals surface area contributed by atoms with Crippen molar-refractivity contribution in [1.29, 1.82) is 0 Å². The summed E-state index contributed by atoms with van der Waals surface area (Å²) in [6, 6.07) is 5.96. The lowest BCUT2D eigenvalue weighted by Crippen LogP contribution is -2.61. The fraction of sp³-hybridized carbons (Fsp3) is 0.467. The average molecular weight is 375 g/mol. The van der Waals surface area contributed by atoms with Crippen LogP contribution in [0, 0.1) is 0 Å². The highest BCUT2D eigenvalue weighted by Gasteiger charge is 2.44. The first-order valence-electron chi connectivity index (χ1n) is 7.40. The minimum atomic E-state index is -3.78. The van der Waals surface area contributed by atoms with E-state index in [0.29, 0.717) is 10.6 Å². The quantitative estimate of drug-likeness (QED) is 0.809. The van der Waals surface area contributed by atoms with E-state index in [1.165, 1.54) is 11.0 Å². The third-order valence-electron chi connectivity index (χ3n) is 3.82. The van der Waals surface area contributed by atoms with E-state index in [2.05, 4.69) is 0 Å². The van der Waals surface area contributed by atoms with Crippen LogP contribution in [0.5, 0.6) is 0 Å². The molecule has 1 aliphatic heterocycles. The molecule has 1 amide bonds. The number of benzene rings is 1. The summed E-state index contributed by atoms with van der Waals surface area (Å²) in [6.07, 6.45) is 0. The van der Waals surface area contributed by atoms with Crippen LogP contribution in [0.4, 0.5) is 0 Å². The Kier molecular flexibility index (Phi) is 5.52. The average Bonchev–Trinajstić information content (AvgIpc) is 2.42. The van der Waals surface area contributed by atoms with Crippen LogP contribution in [0.2, 0.25) is 5.02 Å². The molecule has 0 unspecified atom stereocenters. The van der Waals surface area contributed by atoms with Gasteiger partial charge in [0, 0.05) is 29.7 Å². The van der Waals surface area contributed by atoms with Gasteiger partial charge in [-0.15, -0.1) is 0 Å².